The van der Waals surface area contributed by atoms with Gasteiger partial charge in [0.15, 0.2) is 11.6 Å². The van der Waals surface area contributed by atoms with Crippen LogP contribution in [-0.4, -0.2) is 52.9 Å². The first-order valence-corrected chi connectivity index (χ1v) is 14.1. The Bertz CT molecular complexity index is 1460. The zero-order valence-corrected chi connectivity index (χ0v) is 23.3. The number of nitrogens with zero attached hydrogens (tertiary/aromatic N) is 4. The van der Waals surface area contributed by atoms with Crippen molar-refractivity contribution in [2.75, 3.05) is 23.7 Å². The van der Waals surface area contributed by atoms with Crippen molar-refractivity contribution >= 4 is 44.6 Å². The Morgan fingerprint density at radius 3 is 2.51 bits per heavy atom. The third-order valence-electron chi connectivity index (χ3n) is 6.30. The third kappa shape index (κ3) is 6.73. The van der Waals surface area contributed by atoms with Crippen molar-refractivity contribution in [2.45, 2.75) is 56.2 Å². The van der Waals surface area contributed by atoms with Crippen LogP contribution in [0.3, 0.4) is 0 Å². The Morgan fingerprint density at radius 1 is 1.18 bits per heavy atom. The molecule has 3 heterocycles. The van der Waals surface area contributed by atoms with E-state index in [1.807, 2.05) is 6.92 Å². The van der Waals surface area contributed by atoms with Gasteiger partial charge in [-0.2, -0.15) is 10.1 Å². The first kappa shape index (κ1) is 28.9. The van der Waals surface area contributed by atoms with E-state index in [4.69, 9.17) is 11.6 Å². The maximum absolute atomic E-state index is 13.3. The van der Waals surface area contributed by atoms with Gasteiger partial charge in [-0.15, -0.1) is 13.2 Å². The monoisotopic (exact) mass is 587 g/mol. The van der Waals surface area contributed by atoms with Crippen molar-refractivity contribution in [2.24, 2.45) is 7.05 Å². The van der Waals surface area contributed by atoms with Crippen LogP contribution in [0.1, 0.15) is 43.7 Å². The molecular weight excluding hydrogens is 559 g/mol. The van der Waals surface area contributed by atoms with Crippen molar-refractivity contribution in [3.8, 4) is 5.75 Å². The lowest BCUT2D eigenvalue weighted by molar-refractivity contribution is -0.274. The molecule has 0 atom stereocenters. The minimum atomic E-state index is -4.91. The summed E-state index contributed by atoms with van der Waals surface area (Å²) in [4.78, 5) is 8.36. The summed E-state index contributed by atoms with van der Waals surface area (Å²) in [7, 11) is -2.18. The molecule has 3 aromatic rings. The number of nitrogens with one attached hydrogen (secondary N) is 3. The predicted octanol–water partition coefficient (Wildman–Crippen LogP) is 5.21. The van der Waals surface area contributed by atoms with Gasteiger partial charge in [0.1, 0.15) is 5.02 Å². The minimum absolute atomic E-state index is 0.0141. The highest BCUT2D eigenvalue weighted by molar-refractivity contribution is 7.92. The van der Waals surface area contributed by atoms with Crippen LogP contribution >= 0.6 is 11.6 Å². The third-order valence-corrected chi connectivity index (χ3v) is 8.66. The molecule has 3 N–H and O–H groups in total. The van der Waals surface area contributed by atoms with E-state index < -0.39 is 27.2 Å². The molecule has 1 aromatic carbocycles. The topological polar surface area (TPSA) is 123 Å². The number of halogens is 4. The van der Waals surface area contributed by atoms with Crippen molar-refractivity contribution < 1.29 is 26.3 Å². The number of ether oxygens (including phenoxy) is 1. The molecule has 10 nitrogen and oxygen atoms in total. The van der Waals surface area contributed by atoms with E-state index in [1.54, 1.807) is 13.1 Å². The van der Waals surface area contributed by atoms with Crippen LogP contribution in [0.25, 0.3) is 0 Å². The number of benzene rings is 1. The van der Waals surface area contributed by atoms with E-state index in [-0.39, 0.29) is 39.1 Å². The molecule has 212 valence electrons. The minimum Gasteiger partial charge on any atom is -0.404 e. The number of hydrogen-bond acceptors (Lipinski definition) is 9. The van der Waals surface area contributed by atoms with Crippen molar-refractivity contribution in [3.63, 3.8) is 0 Å². The second-order valence-electron chi connectivity index (χ2n) is 9.53. The molecule has 0 saturated carbocycles. The predicted molar refractivity (Wildman–Crippen MR) is 142 cm³/mol. The Balaban J connectivity index is 1.68. The zero-order chi connectivity index (χ0) is 28.5. The fourth-order valence-corrected chi connectivity index (χ4v) is 5.57. The molecule has 0 aliphatic carbocycles. The number of aromatic nitrogens is 4. The highest BCUT2D eigenvalue weighted by Crippen LogP contribution is 2.39. The SMILES string of the molecule is Cc1cc(Nc2ncc(Cl)c(Nc3cn(C)nc3S(=O)(=O)C(C)C)n2)c(OC(F)(F)F)cc1C1CCNCC1. The summed E-state index contributed by atoms with van der Waals surface area (Å²) in [6.07, 6.45) is -0.608. The van der Waals surface area contributed by atoms with Crippen molar-refractivity contribution in [3.05, 3.63) is 40.7 Å². The van der Waals surface area contributed by atoms with Crippen LogP contribution in [0.15, 0.2) is 29.6 Å². The Labute approximate surface area is 229 Å². The Morgan fingerprint density at radius 2 is 1.87 bits per heavy atom. The Kier molecular flexibility index (Phi) is 8.28. The van der Waals surface area contributed by atoms with E-state index in [2.05, 4.69) is 35.8 Å². The van der Waals surface area contributed by atoms with Gasteiger partial charge >= 0.3 is 6.36 Å². The summed E-state index contributed by atoms with van der Waals surface area (Å²) in [5, 5.41) is 12.1. The van der Waals surface area contributed by atoms with E-state index in [1.165, 1.54) is 37.0 Å². The average molecular weight is 588 g/mol. The number of rotatable bonds is 8. The average Bonchev–Trinajstić information content (AvgIpc) is 3.23. The number of anilines is 4. The molecule has 1 aliphatic heterocycles. The molecule has 0 amide bonds. The van der Waals surface area contributed by atoms with Gasteiger partial charge in [0.05, 0.1) is 22.8 Å². The summed E-state index contributed by atoms with van der Waals surface area (Å²) in [5.74, 6) is -0.356. The molecule has 0 unspecified atom stereocenters. The van der Waals surface area contributed by atoms with E-state index in [0.29, 0.717) is 0 Å². The normalized spacial score (nSPS) is 15.0. The van der Waals surface area contributed by atoms with E-state index in [9.17, 15) is 21.6 Å². The molecular formula is C24H29ClF3N7O3S. The first-order chi connectivity index (χ1) is 18.2. The van der Waals surface area contributed by atoms with E-state index >= 15 is 0 Å². The quantitative estimate of drug-likeness (QED) is 0.326. The summed E-state index contributed by atoms with van der Waals surface area (Å²) < 4.78 is 71.2. The molecule has 0 radical (unpaired) electrons. The van der Waals surface area contributed by atoms with E-state index in [0.717, 1.165) is 37.1 Å². The molecule has 0 spiro atoms. The fraction of sp³-hybridized carbons (Fsp3) is 0.458. The molecule has 4 rings (SSSR count). The van der Waals surface area contributed by atoms with Gasteiger partial charge in [0.25, 0.3) is 0 Å². The van der Waals surface area contributed by atoms with Crippen LogP contribution < -0.4 is 20.7 Å². The highest BCUT2D eigenvalue weighted by Gasteiger charge is 2.33. The lowest BCUT2D eigenvalue weighted by atomic mass is 9.87. The van der Waals surface area contributed by atoms with Gasteiger partial charge in [0.2, 0.25) is 20.8 Å². The molecule has 1 aliphatic rings. The van der Waals surface area contributed by atoms with Gasteiger partial charge < -0.3 is 20.7 Å². The first-order valence-electron chi connectivity index (χ1n) is 12.2. The maximum atomic E-state index is 13.3. The summed E-state index contributed by atoms with van der Waals surface area (Å²) in [5.41, 5.74) is 1.74. The molecule has 0 bridgehead atoms. The van der Waals surface area contributed by atoms with Crippen LogP contribution in [0.2, 0.25) is 5.02 Å². The second kappa shape index (κ2) is 11.2. The van der Waals surface area contributed by atoms with Crippen LogP contribution in [-0.2, 0) is 16.9 Å². The van der Waals surface area contributed by atoms with Gasteiger partial charge in [-0.05, 0) is 75.9 Å². The standard InChI is InChI=1S/C24H29ClF3N7O3S/c1-13(2)39(36,37)22-19(12-35(4)34-22)31-21-17(25)11-30-23(33-21)32-18-9-14(3)16(15-5-7-29-8-6-15)10-20(18)38-24(26,27)28/h9-13,15,29H,5-8H2,1-4H3,(H2,30,31,32,33). The maximum Gasteiger partial charge on any atom is 0.573 e. The zero-order valence-electron chi connectivity index (χ0n) is 21.7. The van der Waals surface area contributed by atoms with Gasteiger partial charge in [-0.25, -0.2) is 13.4 Å². The molecule has 15 heteroatoms. The van der Waals surface area contributed by atoms with Crippen LogP contribution in [0, 0.1) is 6.92 Å². The highest BCUT2D eigenvalue weighted by atomic mass is 35.5. The Hall–Kier alpha value is -3.10. The van der Waals surface area contributed by atoms with Gasteiger partial charge in [0, 0.05) is 13.2 Å². The molecule has 1 saturated heterocycles. The lowest BCUT2D eigenvalue weighted by Gasteiger charge is -2.26. The smallest absolute Gasteiger partial charge is 0.404 e. The summed E-state index contributed by atoms with van der Waals surface area (Å²) in [6, 6.07) is 2.98. The van der Waals surface area contributed by atoms with Crippen LogP contribution in [0.5, 0.6) is 5.75 Å². The second-order valence-corrected chi connectivity index (χ2v) is 12.4. The molecule has 1 fully saturated rings. The number of aryl methyl sites for hydroxylation is 2. The summed E-state index contributed by atoms with van der Waals surface area (Å²) >= 11 is 6.26. The largest absolute Gasteiger partial charge is 0.573 e. The number of alkyl halides is 3. The molecule has 39 heavy (non-hydrogen) atoms. The lowest BCUT2D eigenvalue weighted by Crippen LogP contribution is -2.27. The van der Waals surface area contributed by atoms with Crippen LogP contribution in [0.4, 0.5) is 36.3 Å². The number of sulfone groups is 1. The van der Waals surface area contributed by atoms with Gasteiger partial charge in [-0.1, -0.05) is 11.6 Å². The fourth-order valence-electron chi connectivity index (χ4n) is 4.33. The van der Waals surface area contributed by atoms with Crippen molar-refractivity contribution in [1.82, 2.24) is 25.1 Å². The van der Waals surface area contributed by atoms with Crippen molar-refractivity contribution in [1.29, 1.82) is 0 Å². The molecule has 2 aromatic heterocycles. The van der Waals surface area contributed by atoms with Gasteiger partial charge in [-0.3, -0.25) is 4.68 Å². The number of hydrogen-bond donors (Lipinski definition) is 3. The number of piperidine rings is 1. The summed E-state index contributed by atoms with van der Waals surface area (Å²) in [6.45, 7) is 6.46.